The van der Waals surface area contributed by atoms with Gasteiger partial charge in [0.05, 0.1) is 11.5 Å². The predicted octanol–water partition coefficient (Wildman–Crippen LogP) is 2.53. The number of non-ortho nitro benzene ring substituents is 1. The number of hydrogen-bond donors (Lipinski definition) is 2. The van der Waals surface area contributed by atoms with Crippen LogP contribution < -0.4 is 10.6 Å². The van der Waals surface area contributed by atoms with Gasteiger partial charge in [-0.3, -0.25) is 19.7 Å². The molecule has 0 bridgehead atoms. The van der Waals surface area contributed by atoms with E-state index >= 15 is 0 Å². The van der Waals surface area contributed by atoms with E-state index in [1.54, 1.807) is 6.07 Å². The molecule has 0 saturated heterocycles. The number of anilines is 1. The second kappa shape index (κ2) is 9.16. The molecule has 1 heterocycles. The first-order chi connectivity index (χ1) is 14.7. The first kappa shape index (κ1) is 21.6. The van der Waals surface area contributed by atoms with Gasteiger partial charge in [-0.15, -0.1) is 0 Å². The van der Waals surface area contributed by atoms with E-state index in [1.165, 1.54) is 29.2 Å². The highest BCUT2D eigenvalue weighted by atomic mass is 16.6. The third-order valence-corrected chi connectivity index (χ3v) is 4.54. The molecule has 0 aliphatic heterocycles. The molecule has 160 valence electrons. The van der Waals surface area contributed by atoms with E-state index in [-0.39, 0.29) is 30.5 Å². The zero-order chi connectivity index (χ0) is 22.5. The van der Waals surface area contributed by atoms with Gasteiger partial charge in [0.2, 0.25) is 11.8 Å². The summed E-state index contributed by atoms with van der Waals surface area (Å²) in [6.07, 6.45) is 1.35. The number of amides is 2. The fourth-order valence-corrected chi connectivity index (χ4v) is 3.20. The summed E-state index contributed by atoms with van der Waals surface area (Å²) >= 11 is 0. The summed E-state index contributed by atoms with van der Waals surface area (Å²) in [6.45, 7) is 5.49. The Morgan fingerprint density at radius 3 is 2.48 bits per heavy atom. The van der Waals surface area contributed by atoms with Gasteiger partial charge in [0.1, 0.15) is 12.9 Å². The minimum absolute atomic E-state index is 0.0725. The first-order valence-corrected chi connectivity index (χ1v) is 9.51. The van der Waals surface area contributed by atoms with E-state index in [2.05, 4.69) is 20.7 Å². The van der Waals surface area contributed by atoms with Crippen molar-refractivity contribution in [3.63, 3.8) is 0 Å². The third kappa shape index (κ3) is 5.50. The van der Waals surface area contributed by atoms with Crippen molar-refractivity contribution in [1.29, 1.82) is 0 Å². The smallest absolute Gasteiger partial charge is 0.270 e. The van der Waals surface area contributed by atoms with Crippen LogP contribution in [0.25, 0.3) is 11.4 Å². The lowest BCUT2D eigenvalue weighted by atomic mass is 10.1. The van der Waals surface area contributed by atoms with Crippen LogP contribution in [0, 0.1) is 30.9 Å². The van der Waals surface area contributed by atoms with E-state index in [9.17, 15) is 19.7 Å². The second-order valence-corrected chi connectivity index (χ2v) is 7.17. The van der Waals surface area contributed by atoms with Crippen LogP contribution in [-0.2, 0) is 16.1 Å². The number of aryl methyl sites for hydroxylation is 3. The summed E-state index contributed by atoms with van der Waals surface area (Å²) in [4.78, 5) is 38.9. The number of benzene rings is 2. The maximum atomic E-state index is 12.2. The van der Waals surface area contributed by atoms with Crippen LogP contribution in [0.15, 0.2) is 42.7 Å². The number of carbonyl (C=O) groups excluding carboxylic acids is 2. The molecule has 2 aromatic carbocycles. The van der Waals surface area contributed by atoms with Crippen LogP contribution in [-0.4, -0.2) is 38.0 Å². The average Bonchev–Trinajstić information content (AvgIpc) is 3.17. The van der Waals surface area contributed by atoms with Crippen LogP contribution in [0.3, 0.4) is 0 Å². The van der Waals surface area contributed by atoms with E-state index in [1.807, 2.05) is 32.9 Å². The van der Waals surface area contributed by atoms with Crippen molar-refractivity contribution in [1.82, 2.24) is 20.1 Å². The van der Waals surface area contributed by atoms with E-state index in [0.29, 0.717) is 5.56 Å². The topological polar surface area (TPSA) is 132 Å². The summed E-state index contributed by atoms with van der Waals surface area (Å²) in [7, 11) is 0. The van der Waals surface area contributed by atoms with Crippen LogP contribution in [0.4, 0.5) is 11.4 Å². The zero-order valence-electron chi connectivity index (χ0n) is 17.4. The van der Waals surface area contributed by atoms with Crippen LogP contribution in [0.5, 0.6) is 0 Å². The highest BCUT2D eigenvalue weighted by Gasteiger charge is 2.13. The molecule has 3 rings (SSSR count). The Hall–Kier alpha value is -4.08. The van der Waals surface area contributed by atoms with Crippen molar-refractivity contribution in [3.8, 4) is 11.4 Å². The van der Waals surface area contributed by atoms with E-state index in [4.69, 9.17) is 0 Å². The Bertz CT molecular complexity index is 1130. The lowest BCUT2D eigenvalue weighted by Crippen LogP contribution is -2.35. The Morgan fingerprint density at radius 2 is 1.81 bits per heavy atom. The van der Waals surface area contributed by atoms with Crippen molar-refractivity contribution >= 4 is 23.2 Å². The van der Waals surface area contributed by atoms with Crippen LogP contribution in [0.1, 0.15) is 16.7 Å². The highest BCUT2D eigenvalue weighted by molar-refractivity contribution is 5.95. The van der Waals surface area contributed by atoms with Crippen molar-refractivity contribution < 1.29 is 14.5 Å². The molecule has 10 nitrogen and oxygen atoms in total. The highest BCUT2D eigenvalue weighted by Crippen LogP contribution is 2.22. The lowest BCUT2D eigenvalue weighted by Gasteiger charge is -2.13. The monoisotopic (exact) mass is 422 g/mol. The Kier molecular flexibility index (Phi) is 6.39. The molecule has 2 N–H and O–H groups in total. The summed E-state index contributed by atoms with van der Waals surface area (Å²) in [5, 5.41) is 20.4. The molecular formula is C21H22N6O4. The fourth-order valence-electron chi connectivity index (χ4n) is 3.20. The first-order valence-electron chi connectivity index (χ1n) is 9.51. The molecule has 31 heavy (non-hydrogen) atoms. The molecular weight excluding hydrogens is 400 g/mol. The zero-order valence-corrected chi connectivity index (χ0v) is 17.4. The van der Waals surface area contributed by atoms with Crippen molar-refractivity contribution in [2.75, 3.05) is 11.9 Å². The van der Waals surface area contributed by atoms with Crippen LogP contribution in [0.2, 0.25) is 0 Å². The normalized spacial score (nSPS) is 10.5. The van der Waals surface area contributed by atoms with Gasteiger partial charge >= 0.3 is 0 Å². The van der Waals surface area contributed by atoms with Crippen molar-refractivity contribution in [2.24, 2.45) is 0 Å². The Balaban J connectivity index is 1.55. The van der Waals surface area contributed by atoms with Crippen molar-refractivity contribution in [3.05, 3.63) is 69.5 Å². The molecule has 2 amide bonds. The van der Waals surface area contributed by atoms with Crippen molar-refractivity contribution in [2.45, 2.75) is 27.3 Å². The molecule has 0 unspecified atom stereocenters. The number of nitrogens with zero attached hydrogens (tertiary/aromatic N) is 4. The number of carbonyl (C=O) groups is 2. The standard InChI is InChI=1S/C21H22N6O4/c1-13-7-14(2)20(15(3)8-13)24-18(28)10-22-19(29)11-26-12-23-21(25-26)16-5-4-6-17(9-16)27(30)31/h4-9,12H,10-11H2,1-3H3,(H,22,29)(H,24,28). The second-order valence-electron chi connectivity index (χ2n) is 7.17. The van der Waals surface area contributed by atoms with Gasteiger partial charge in [-0.05, 0) is 31.9 Å². The number of nitro benzene ring substituents is 1. The molecule has 0 saturated carbocycles. The van der Waals surface area contributed by atoms with Gasteiger partial charge < -0.3 is 10.6 Å². The predicted molar refractivity (Wildman–Crippen MR) is 114 cm³/mol. The number of nitrogens with one attached hydrogen (secondary N) is 2. The SMILES string of the molecule is Cc1cc(C)c(NC(=O)CNC(=O)Cn2cnc(-c3cccc([N+](=O)[O-])c3)n2)c(C)c1. The maximum absolute atomic E-state index is 12.2. The number of hydrogen-bond acceptors (Lipinski definition) is 6. The average molecular weight is 422 g/mol. The van der Waals surface area contributed by atoms with E-state index in [0.717, 1.165) is 22.4 Å². The molecule has 10 heteroatoms. The minimum Gasteiger partial charge on any atom is -0.345 e. The summed E-state index contributed by atoms with van der Waals surface area (Å²) in [6, 6.07) is 9.87. The molecule has 1 aromatic heterocycles. The van der Waals surface area contributed by atoms with Crippen LogP contribution >= 0.6 is 0 Å². The molecule has 0 aliphatic rings. The minimum atomic E-state index is -0.501. The van der Waals surface area contributed by atoms with Gasteiger partial charge in [0.25, 0.3) is 5.69 Å². The van der Waals surface area contributed by atoms with Gasteiger partial charge in [-0.25, -0.2) is 9.67 Å². The maximum Gasteiger partial charge on any atom is 0.270 e. The lowest BCUT2D eigenvalue weighted by molar-refractivity contribution is -0.384. The molecule has 0 fully saturated rings. The molecule has 0 aliphatic carbocycles. The summed E-state index contributed by atoms with van der Waals surface area (Å²) < 4.78 is 1.30. The molecule has 0 radical (unpaired) electrons. The molecule has 0 atom stereocenters. The summed E-state index contributed by atoms with van der Waals surface area (Å²) in [5.41, 5.74) is 4.15. The molecule has 0 spiro atoms. The fraction of sp³-hybridized carbons (Fsp3) is 0.238. The largest absolute Gasteiger partial charge is 0.345 e. The number of rotatable bonds is 7. The Labute approximate surface area is 178 Å². The summed E-state index contributed by atoms with van der Waals surface area (Å²) in [5.74, 6) is -0.484. The quantitative estimate of drug-likeness (QED) is 0.444. The molecule has 3 aromatic rings. The van der Waals surface area contributed by atoms with Gasteiger partial charge in [-0.2, -0.15) is 5.10 Å². The van der Waals surface area contributed by atoms with Gasteiger partial charge in [-0.1, -0.05) is 29.8 Å². The van der Waals surface area contributed by atoms with E-state index < -0.39 is 10.8 Å². The third-order valence-electron chi connectivity index (χ3n) is 4.54. The van der Waals surface area contributed by atoms with Gasteiger partial charge in [0, 0.05) is 23.4 Å². The van der Waals surface area contributed by atoms with Gasteiger partial charge in [0.15, 0.2) is 5.82 Å². The number of aromatic nitrogens is 3. The Morgan fingerprint density at radius 1 is 1.10 bits per heavy atom. The number of nitro groups is 1.